The maximum Gasteiger partial charge on any atom is 0.306 e. The van der Waals surface area contributed by atoms with Crippen molar-refractivity contribution in [2.45, 2.75) is 404 Å². The third kappa shape index (κ3) is 47.9. The molecule has 0 saturated carbocycles. The van der Waals surface area contributed by atoms with Gasteiger partial charge in [-0.15, -0.1) is 0 Å². The van der Waals surface area contributed by atoms with Crippen molar-refractivity contribution in [3.63, 3.8) is 0 Å². The smallest absolute Gasteiger partial charge is 0.306 e. The molecule has 0 aromatic rings. The number of hydrogen-bond acceptors (Lipinski definition) is 10. The lowest BCUT2D eigenvalue weighted by Gasteiger charge is -2.41. The standard InChI is InChI=1S/C73H137NO10/c1-4-7-10-13-16-19-22-25-27-29-30-31-32-33-34-35-36-37-38-39-41-43-46-49-52-55-58-61-68(78)84-71-70(80)69(79)67(62-75)83-73(71)82-63-64(65(76)59-56-53-50-47-44-24-21-18-15-12-9-6-3)74-72(81)66(77)60-57-54-51-48-45-42-40-28-26-23-20-17-14-11-8-5-2/h17,20,26,28,56,59,64-67,69-71,73,75-77,79-80H,4-16,18-19,21-25,27,29-55,57-58,60-63H2,1-3H3,(H,74,81)/b20-17-,28-26-,59-56+. The van der Waals surface area contributed by atoms with E-state index < -0.39 is 67.4 Å². The second kappa shape index (κ2) is 61.1. The first-order valence-electron chi connectivity index (χ1n) is 36.3. The Morgan fingerprint density at radius 1 is 0.464 bits per heavy atom. The summed E-state index contributed by atoms with van der Waals surface area (Å²) >= 11 is 0. The summed E-state index contributed by atoms with van der Waals surface area (Å²) in [5.74, 6) is -1.19. The molecule has 0 radical (unpaired) electrons. The largest absolute Gasteiger partial charge is 0.454 e. The van der Waals surface area contributed by atoms with E-state index in [1.54, 1.807) is 6.08 Å². The van der Waals surface area contributed by atoms with Gasteiger partial charge in [0.05, 0.1) is 25.4 Å². The summed E-state index contributed by atoms with van der Waals surface area (Å²) in [6, 6.07) is -1.03. The predicted molar refractivity (Wildman–Crippen MR) is 352 cm³/mol. The second-order valence-electron chi connectivity index (χ2n) is 25.3. The van der Waals surface area contributed by atoms with Gasteiger partial charge in [0.15, 0.2) is 12.4 Å². The molecule has 0 aromatic heterocycles. The number of aliphatic hydroxyl groups is 5. The molecule has 1 rings (SSSR count). The van der Waals surface area contributed by atoms with Gasteiger partial charge >= 0.3 is 5.97 Å². The number of allylic oxidation sites excluding steroid dienone is 5. The molecule has 1 aliphatic heterocycles. The van der Waals surface area contributed by atoms with Crippen molar-refractivity contribution in [2.24, 2.45) is 0 Å². The van der Waals surface area contributed by atoms with Crippen molar-refractivity contribution in [3.05, 3.63) is 36.5 Å². The minimum Gasteiger partial charge on any atom is -0.454 e. The average molecular weight is 1190 g/mol. The van der Waals surface area contributed by atoms with Gasteiger partial charge in [-0.05, 0) is 57.8 Å². The molecule has 0 bridgehead atoms. The van der Waals surface area contributed by atoms with E-state index in [1.165, 1.54) is 225 Å². The molecule has 6 N–H and O–H groups in total. The Labute approximate surface area is 517 Å². The molecule has 1 fully saturated rings. The fraction of sp³-hybridized carbons (Fsp3) is 0.890. The number of esters is 1. The maximum absolute atomic E-state index is 13.5. The molecule has 494 valence electrons. The van der Waals surface area contributed by atoms with Gasteiger partial charge in [-0.2, -0.15) is 0 Å². The number of carbonyl (C=O) groups is 2. The SMILES string of the molecule is CCCCC/C=C\C/C=C\CCCCCCCCC(O)C(=O)NC(COC1OC(CO)C(O)C(O)C1OC(=O)CCCCCCCCCCCCCCCCCCCCCCCCCCCCC)C(O)/C=C/CCCCCCCCCCCC. The monoisotopic (exact) mass is 1190 g/mol. The normalized spacial score (nSPS) is 18.6. The molecule has 1 aliphatic rings. The number of rotatable bonds is 63. The van der Waals surface area contributed by atoms with Gasteiger partial charge in [-0.3, -0.25) is 9.59 Å². The van der Waals surface area contributed by atoms with Crippen molar-refractivity contribution in [2.75, 3.05) is 13.2 Å². The minimum atomic E-state index is -1.61. The number of hydrogen-bond donors (Lipinski definition) is 6. The van der Waals surface area contributed by atoms with Crippen LogP contribution in [0, 0.1) is 0 Å². The number of aliphatic hydroxyl groups excluding tert-OH is 5. The molecule has 84 heavy (non-hydrogen) atoms. The first-order chi connectivity index (χ1) is 41.2. The van der Waals surface area contributed by atoms with Gasteiger partial charge in [-0.1, -0.05) is 327 Å². The summed E-state index contributed by atoms with van der Waals surface area (Å²) in [6.07, 6.45) is 64.9. The highest BCUT2D eigenvalue weighted by molar-refractivity contribution is 5.80. The molecule has 1 amide bonds. The number of unbranched alkanes of at least 4 members (excludes halogenated alkanes) is 45. The number of nitrogens with one attached hydrogen (secondary N) is 1. The number of ether oxygens (including phenoxy) is 3. The van der Waals surface area contributed by atoms with Crippen LogP contribution in [-0.4, -0.2) is 99.6 Å². The van der Waals surface area contributed by atoms with Crippen LogP contribution in [0.15, 0.2) is 36.5 Å². The Bertz CT molecular complexity index is 1510. The Hall–Kier alpha value is -2.12. The Balaban J connectivity index is 2.52. The first-order valence-corrected chi connectivity index (χ1v) is 36.3. The van der Waals surface area contributed by atoms with E-state index in [0.717, 1.165) is 83.5 Å². The molecule has 11 heteroatoms. The van der Waals surface area contributed by atoms with E-state index in [2.05, 4.69) is 50.4 Å². The zero-order valence-electron chi connectivity index (χ0n) is 55.0. The lowest BCUT2D eigenvalue weighted by Crippen LogP contribution is -2.61. The van der Waals surface area contributed by atoms with Crippen LogP contribution < -0.4 is 5.32 Å². The second-order valence-corrected chi connectivity index (χ2v) is 25.3. The Morgan fingerprint density at radius 3 is 1.24 bits per heavy atom. The third-order valence-electron chi connectivity index (χ3n) is 17.3. The van der Waals surface area contributed by atoms with Gasteiger partial charge < -0.3 is 45.1 Å². The predicted octanol–water partition coefficient (Wildman–Crippen LogP) is 18.6. The minimum absolute atomic E-state index is 0.128. The summed E-state index contributed by atoms with van der Waals surface area (Å²) in [7, 11) is 0. The zero-order valence-corrected chi connectivity index (χ0v) is 55.0. The molecule has 0 aliphatic carbocycles. The van der Waals surface area contributed by atoms with E-state index in [9.17, 15) is 35.1 Å². The van der Waals surface area contributed by atoms with Crippen LogP contribution in [0.1, 0.15) is 355 Å². The van der Waals surface area contributed by atoms with Crippen LogP contribution in [0.3, 0.4) is 0 Å². The average Bonchev–Trinajstić information content (AvgIpc) is 3.54. The van der Waals surface area contributed by atoms with E-state index >= 15 is 0 Å². The van der Waals surface area contributed by atoms with E-state index in [0.29, 0.717) is 12.8 Å². The van der Waals surface area contributed by atoms with Crippen molar-refractivity contribution in [3.8, 4) is 0 Å². The summed E-state index contributed by atoms with van der Waals surface area (Å²) < 4.78 is 17.7. The molecule has 0 spiro atoms. The fourth-order valence-electron chi connectivity index (χ4n) is 11.6. The topological polar surface area (TPSA) is 175 Å². The Kier molecular flexibility index (Phi) is 58.1. The van der Waals surface area contributed by atoms with E-state index in [1.807, 2.05) is 6.08 Å². The zero-order chi connectivity index (χ0) is 61.0. The summed E-state index contributed by atoms with van der Waals surface area (Å²) in [6.45, 7) is 5.81. The van der Waals surface area contributed by atoms with Gasteiger partial charge in [-0.25, -0.2) is 0 Å². The molecule has 1 saturated heterocycles. The summed E-state index contributed by atoms with van der Waals surface area (Å²) in [4.78, 5) is 26.7. The van der Waals surface area contributed by atoms with Crippen molar-refractivity contribution < 1.29 is 49.3 Å². The molecular formula is C73H137NO10. The highest BCUT2D eigenvalue weighted by Crippen LogP contribution is 2.26. The lowest BCUT2D eigenvalue weighted by molar-refractivity contribution is -0.305. The van der Waals surface area contributed by atoms with Crippen LogP contribution in [0.4, 0.5) is 0 Å². The van der Waals surface area contributed by atoms with Crippen LogP contribution in [0.5, 0.6) is 0 Å². The highest BCUT2D eigenvalue weighted by Gasteiger charge is 2.47. The maximum atomic E-state index is 13.5. The molecule has 11 nitrogen and oxygen atoms in total. The highest BCUT2D eigenvalue weighted by atomic mass is 16.7. The van der Waals surface area contributed by atoms with Crippen LogP contribution in [0.2, 0.25) is 0 Å². The van der Waals surface area contributed by atoms with Crippen LogP contribution >= 0.6 is 0 Å². The van der Waals surface area contributed by atoms with E-state index in [-0.39, 0.29) is 19.4 Å². The van der Waals surface area contributed by atoms with Gasteiger partial charge in [0, 0.05) is 6.42 Å². The number of carbonyl (C=O) groups excluding carboxylic acids is 2. The van der Waals surface area contributed by atoms with Gasteiger partial charge in [0.1, 0.15) is 24.4 Å². The first kappa shape index (κ1) is 79.9. The summed E-state index contributed by atoms with van der Waals surface area (Å²) in [5, 5.41) is 57.2. The lowest BCUT2D eigenvalue weighted by atomic mass is 9.99. The molecular weight excluding hydrogens is 1050 g/mol. The number of amides is 1. The quantitative estimate of drug-likeness (QED) is 0.0195. The molecule has 0 aromatic carbocycles. The van der Waals surface area contributed by atoms with Gasteiger partial charge in [0.2, 0.25) is 5.91 Å². The van der Waals surface area contributed by atoms with Gasteiger partial charge in [0.25, 0.3) is 0 Å². The molecule has 1 heterocycles. The van der Waals surface area contributed by atoms with Crippen molar-refractivity contribution in [1.29, 1.82) is 0 Å². The molecule has 8 atom stereocenters. The van der Waals surface area contributed by atoms with Crippen molar-refractivity contribution >= 4 is 11.9 Å². The van der Waals surface area contributed by atoms with E-state index in [4.69, 9.17) is 14.2 Å². The fourth-order valence-corrected chi connectivity index (χ4v) is 11.6. The summed E-state index contributed by atoms with van der Waals surface area (Å²) in [5.41, 5.74) is 0. The molecule has 8 unspecified atom stereocenters. The van der Waals surface area contributed by atoms with Crippen molar-refractivity contribution in [1.82, 2.24) is 5.32 Å². The van der Waals surface area contributed by atoms with Crippen LogP contribution in [0.25, 0.3) is 0 Å². The third-order valence-corrected chi connectivity index (χ3v) is 17.3. The Morgan fingerprint density at radius 2 is 0.821 bits per heavy atom. The van der Waals surface area contributed by atoms with Crippen LogP contribution in [-0.2, 0) is 23.8 Å².